The Morgan fingerprint density at radius 3 is 2.44 bits per heavy atom. The van der Waals surface area contributed by atoms with Crippen LogP contribution in [0.25, 0.3) is 0 Å². The van der Waals surface area contributed by atoms with Crippen molar-refractivity contribution in [1.29, 1.82) is 0 Å². The summed E-state index contributed by atoms with van der Waals surface area (Å²) in [5.74, 6) is 0.416. The molecule has 98 valence electrons. The number of guanidine groups is 2. The fourth-order valence-corrected chi connectivity index (χ4v) is 1.77. The highest BCUT2D eigenvalue weighted by atomic mass is 35.5. The Balaban J connectivity index is 2.96. The molecule has 0 aromatic heterocycles. The van der Waals surface area contributed by atoms with Crippen molar-refractivity contribution in [2.24, 2.45) is 33.1 Å². The highest BCUT2D eigenvalue weighted by Crippen LogP contribution is 2.26. The van der Waals surface area contributed by atoms with Gasteiger partial charge in [-0.2, -0.15) is 4.99 Å². The molecule has 0 saturated carbocycles. The van der Waals surface area contributed by atoms with E-state index in [0.29, 0.717) is 16.6 Å². The predicted molar refractivity (Wildman–Crippen MR) is 77.1 cm³/mol. The quantitative estimate of drug-likeness (QED) is 0.574. The van der Waals surface area contributed by atoms with Gasteiger partial charge in [-0.05, 0) is 30.0 Å². The van der Waals surface area contributed by atoms with Crippen LogP contribution >= 0.6 is 11.6 Å². The first-order valence-corrected chi connectivity index (χ1v) is 5.98. The van der Waals surface area contributed by atoms with E-state index in [-0.39, 0.29) is 11.9 Å². The number of halogens is 1. The number of rotatable bonds is 3. The largest absolute Gasteiger partial charge is 0.370 e. The number of nitrogens with two attached hydrogens (primary N) is 3. The smallest absolute Gasteiger partial charge is 0.223 e. The normalized spacial score (nSPS) is 11.7. The number of hydrogen-bond donors (Lipinski definition) is 3. The number of benzene rings is 1. The molecule has 6 N–H and O–H groups in total. The number of hydrogen-bond acceptors (Lipinski definition) is 1. The van der Waals surface area contributed by atoms with Gasteiger partial charge in [0, 0.05) is 0 Å². The van der Waals surface area contributed by atoms with Crippen molar-refractivity contribution in [3.8, 4) is 0 Å². The fraction of sp³-hybridized carbons (Fsp3) is 0.333. The zero-order valence-corrected chi connectivity index (χ0v) is 11.3. The van der Waals surface area contributed by atoms with Crippen molar-refractivity contribution in [3.63, 3.8) is 0 Å². The molecule has 0 unspecified atom stereocenters. The van der Waals surface area contributed by atoms with Gasteiger partial charge in [-0.1, -0.05) is 31.5 Å². The first-order chi connectivity index (χ1) is 8.38. The van der Waals surface area contributed by atoms with E-state index in [1.54, 1.807) is 6.07 Å². The lowest BCUT2D eigenvalue weighted by Crippen LogP contribution is -2.26. The minimum absolute atomic E-state index is 0.0199. The molecule has 18 heavy (non-hydrogen) atoms. The van der Waals surface area contributed by atoms with Crippen LogP contribution in [0.5, 0.6) is 0 Å². The molecule has 0 saturated heterocycles. The van der Waals surface area contributed by atoms with Crippen LogP contribution in [0.15, 0.2) is 28.2 Å². The highest BCUT2D eigenvalue weighted by Gasteiger charge is 2.03. The van der Waals surface area contributed by atoms with Crippen molar-refractivity contribution in [2.45, 2.75) is 20.3 Å². The molecule has 0 radical (unpaired) electrons. The standard InChI is InChI=1S/C12H18ClN5/c1-7(2)5-8-3-4-10(9(13)6-8)17-12(16)18-11(14)15/h3-4,6-7H,5H2,1-2H3,(H6,14,15,16,17,18). The Hall–Kier alpha value is -1.75. The molecular formula is C12H18ClN5. The summed E-state index contributed by atoms with van der Waals surface area (Å²) in [6.45, 7) is 4.30. The van der Waals surface area contributed by atoms with Crippen LogP contribution in [0.4, 0.5) is 5.69 Å². The summed E-state index contributed by atoms with van der Waals surface area (Å²) in [5, 5.41) is 0.530. The maximum absolute atomic E-state index is 6.12. The van der Waals surface area contributed by atoms with Gasteiger partial charge in [0.15, 0.2) is 5.96 Å². The third-order valence-corrected chi connectivity index (χ3v) is 2.44. The summed E-state index contributed by atoms with van der Waals surface area (Å²) >= 11 is 6.12. The molecule has 0 fully saturated rings. The molecule has 0 heterocycles. The zero-order chi connectivity index (χ0) is 13.7. The summed E-state index contributed by atoms with van der Waals surface area (Å²) < 4.78 is 0. The van der Waals surface area contributed by atoms with Gasteiger partial charge in [0.1, 0.15) is 0 Å². The molecule has 1 aromatic carbocycles. The van der Waals surface area contributed by atoms with Crippen LogP contribution in [-0.4, -0.2) is 11.9 Å². The van der Waals surface area contributed by atoms with Gasteiger partial charge in [0.05, 0.1) is 10.7 Å². The van der Waals surface area contributed by atoms with E-state index in [1.807, 2.05) is 12.1 Å². The summed E-state index contributed by atoms with van der Waals surface area (Å²) in [7, 11) is 0. The van der Waals surface area contributed by atoms with Crippen LogP contribution < -0.4 is 17.2 Å². The third kappa shape index (κ3) is 4.63. The summed E-state index contributed by atoms with van der Waals surface area (Å²) in [6, 6.07) is 5.64. The molecular weight excluding hydrogens is 250 g/mol. The lowest BCUT2D eigenvalue weighted by atomic mass is 10.0. The SMILES string of the molecule is CC(C)Cc1ccc(N=C(N)N=C(N)N)c(Cl)c1. The number of aliphatic imine (C=N–C) groups is 2. The molecule has 0 spiro atoms. The second-order valence-electron chi connectivity index (χ2n) is 4.39. The van der Waals surface area contributed by atoms with Crippen molar-refractivity contribution in [2.75, 3.05) is 0 Å². The maximum Gasteiger partial charge on any atom is 0.223 e. The highest BCUT2D eigenvalue weighted by molar-refractivity contribution is 6.33. The van der Waals surface area contributed by atoms with E-state index in [2.05, 4.69) is 23.8 Å². The third-order valence-electron chi connectivity index (χ3n) is 2.13. The number of nitrogens with zero attached hydrogens (tertiary/aromatic N) is 2. The summed E-state index contributed by atoms with van der Waals surface area (Å²) in [5.41, 5.74) is 17.6. The first-order valence-electron chi connectivity index (χ1n) is 5.60. The Kier molecular flexibility index (Phi) is 4.97. The van der Waals surface area contributed by atoms with Crippen LogP contribution in [0.3, 0.4) is 0 Å². The average molecular weight is 268 g/mol. The second-order valence-corrected chi connectivity index (χ2v) is 4.80. The molecule has 0 atom stereocenters. The Morgan fingerprint density at radius 1 is 1.28 bits per heavy atom. The molecule has 1 aromatic rings. The molecule has 0 aliphatic heterocycles. The van der Waals surface area contributed by atoms with Crippen molar-refractivity contribution in [1.82, 2.24) is 0 Å². The zero-order valence-electron chi connectivity index (χ0n) is 10.5. The summed E-state index contributed by atoms with van der Waals surface area (Å²) in [4.78, 5) is 7.66. The van der Waals surface area contributed by atoms with E-state index in [4.69, 9.17) is 28.8 Å². The van der Waals surface area contributed by atoms with E-state index >= 15 is 0 Å². The van der Waals surface area contributed by atoms with E-state index in [9.17, 15) is 0 Å². The minimum Gasteiger partial charge on any atom is -0.370 e. The Morgan fingerprint density at radius 2 is 1.94 bits per heavy atom. The Labute approximate surface area is 112 Å². The summed E-state index contributed by atoms with van der Waals surface area (Å²) in [6.07, 6.45) is 0.965. The lowest BCUT2D eigenvalue weighted by Gasteiger charge is -2.06. The van der Waals surface area contributed by atoms with Gasteiger partial charge in [-0.25, -0.2) is 4.99 Å². The molecule has 0 aliphatic rings. The van der Waals surface area contributed by atoms with Crippen LogP contribution in [-0.2, 0) is 6.42 Å². The van der Waals surface area contributed by atoms with Crippen LogP contribution in [0, 0.1) is 5.92 Å². The minimum atomic E-state index is -0.135. The second kappa shape index (κ2) is 6.26. The average Bonchev–Trinajstić information content (AvgIpc) is 2.20. The van der Waals surface area contributed by atoms with Gasteiger partial charge < -0.3 is 17.2 Å². The lowest BCUT2D eigenvalue weighted by molar-refractivity contribution is 0.647. The van der Waals surface area contributed by atoms with Gasteiger partial charge in [0.2, 0.25) is 5.96 Å². The maximum atomic E-state index is 6.12. The fourth-order valence-electron chi connectivity index (χ4n) is 1.52. The van der Waals surface area contributed by atoms with Crippen molar-refractivity contribution in [3.05, 3.63) is 28.8 Å². The molecule has 1 rings (SSSR count). The molecule has 0 aliphatic carbocycles. The van der Waals surface area contributed by atoms with Crippen molar-refractivity contribution < 1.29 is 0 Å². The van der Waals surface area contributed by atoms with Gasteiger partial charge in [-0.15, -0.1) is 0 Å². The molecule has 6 heteroatoms. The molecule has 0 bridgehead atoms. The predicted octanol–water partition coefficient (Wildman–Crippen LogP) is 1.76. The molecule has 0 amide bonds. The van der Waals surface area contributed by atoms with Gasteiger partial charge >= 0.3 is 0 Å². The first kappa shape index (κ1) is 14.3. The van der Waals surface area contributed by atoms with Crippen LogP contribution in [0.2, 0.25) is 5.02 Å². The topological polar surface area (TPSA) is 103 Å². The molecule has 5 nitrogen and oxygen atoms in total. The van der Waals surface area contributed by atoms with Crippen molar-refractivity contribution >= 4 is 29.2 Å². The van der Waals surface area contributed by atoms with Gasteiger partial charge in [-0.3, -0.25) is 0 Å². The Bertz CT molecular complexity index is 475. The van der Waals surface area contributed by atoms with E-state index < -0.39 is 0 Å². The van der Waals surface area contributed by atoms with E-state index in [0.717, 1.165) is 12.0 Å². The van der Waals surface area contributed by atoms with Gasteiger partial charge in [0.25, 0.3) is 0 Å². The van der Waals surface area contributed by atoms with Crippen LogP contribution in [0.1, 0.15) is 19.4 Å². The monoisotopic (exact) mass is 267 g/mol. The van der Waals surface area contributed by atoms with E-state index in [1.165, 1.54) is 0 Å².